The highest BCUT2D eigenvalue weighted by atomic mass is 32.1. The van der Waals surface area contributed by atoms with E-state index in [1.807, 2.05) is 24.3 Å². The van der Waals surface area contributed by atoms with Crippen LogP contribution in [0.4, 0.5) is 0 Å². The minimum absolute atomic E-state index is 0.102. The second kappa shape index (κ2) is 6.54. The normalized spacial score (nSPS) is 18.2. The zero-order chi connectivity index (χ0) is 15.5. The molecule has 1 aromatic rings. The number of hydrogen-bond acceptors (Lipinski definition) is 3. The van der Waals surface area contributed by atoms with Crippen molar-refractivity contribution in [2.75, 3.05) is 20.1 Å². The monoisotopic (exact) mass is 305 g/mol. The van der Waals surface area contributed by atoms with E-state index in [0.29, 0.717) is 10.6 Å². The van der Waals surface area contributed by atoms with E-state index < -0.39 is 5.54 Å². The van der Waals surface area contributed by atoms with Crippen LogP contribution in [0.25, 0.3) is 0 Å². The fourth-order valence-corrected chi connectivity index (χ4v) is 2.87. The number of likely N-dealkylation sites (tertiary alicyclic amines) is 1. The van der Waals surface area contributed by atoms with Crippen molar-refractivity contribution in [3.63, 3.8) is 0 Å². The number of nitrogens with two attached hydrogens (primary N) is 1. The lowest BCUT2D eigenvalue weighted by Gasteiger charge is -2.40. The van der Waals surface area contributed by atoms with E-state index in [2.05, 4.69) is 24.2 Å². The first-order valence-electron chi connectivity index (χ1n) is 7.37. The number of thiocarbonyl (C=S) groups is 1. The zero-order valence-electron chi connectivity index (χ0n) is 12.7. The number of hydrogen-bond donors (Lipinski definition) is 2. The van der Waals surface area contributed by atoms with Gasteiger partial charge in [0.15, 0.2) is 0 Å². The number of amides is 1. The SMILES string of the molecule is CCc1ccc(C(=O)NC2(C(N)=S)CCN(C)CC2)cc1. The van der Waals surface area contributed by atoms with Gasteiger partial charge in [-0.25, -0.2) is 0 Å². The number of carbonyl (C=O) groups is 1. The van der Waals surface area contributed by atoms with Crippen molar-refractivity contribution in [3.05, 3.63) is 35.4 Å². The average Bonchev–Trinajstić information content (AvgIpc) is 2.49. The van der Waals surface area contributed by atoms with Crippen molar-refractivity contribution in [3.8, 4) is 0 Å². The van der Waals surface area contributed by atoms with E-state index in [9.17, 15) is 4.79 Å². The summed E-state index contributed by atoms with van der Waals surface area (Å²) in [7, 11) is 2.06. The van der Waals surface area contributed by atoms with Crippen molar-refractivity contribution in [1.29, 1.82) is 0 Å². The Hall–Kier alpha value is -1.46. The van der Waals surface area contributed by atoms with Crippen molar-refractivity contribution >= 4 is 23.1 Å². The van der Waals surface area contributed by atoms with Crippen molar-refractivity contribution in [1.82, 2.24) is 10.2 Å². The molecule has 0 aromatic heterocycles. The van der Waals surface area contributed by atoms with Gasteiger partial charge in [-0.15, -0.1) is 0 Å². The summed E-state index contributed by atoms with van der Waals surface area (Å²) in [5.74, 6) is -0.102. The molecule has 1 aliphatic heterocycles. The molecule has 1 aliphatic rings. The number of piperidine rings is 1. The summed E-state index contributed by atoms with van der Waals surface area (Å²) in [6.45, 7) is 3.86. The minimum atomic E-state index is -0.553. The number of aryl methyl sites for hydroxylation is 1. The lowest BCUT2D eigenvalue weighted by atomic mass is 9.87. The molecule has 0 atom stereocenters. The maximum atomic E-state index is 12.5. The van der Waals surface area contributed by atoms with Gasteiger partial charge in [0, 0.05) is 18.7 Å². The van der Waals surface area contributed by atoms with Crippen LogP contribution >= 0.6 is 12.2 Å². The Labute approximate surface area is 131 Å². The molecule has 0 radical (unpaired) electrons. The molecule has 114 valence electrons. The Bertz CT molecular complexity index is 519. The third-order valence-corrected chi connectivity index (χ3v) is 4.68. The summed E-state index contributed by atoms with van der Waals surface area (Å²) < 4.78 is 0. The van der Waals surface area contributed by atoms with Crippen LogP contribution in [-0.4, -0.2) is 41.5 Å². The van der Waals surface area contributed by atoms with Crippen LogP contribution < -0.4 is 11.1 Å². The molecule has 1 aromatic carbocycles. The molecule has 1 fully saturated rings. The maximum absolute atomic E-state index is 12.5. The van der Waals surface area contributed by atoms with Gasteiger partial charge in [0.2, 0.25) is 0 Å². The summed E-state index contributed by atoms with van der Waals surface area (Å²) in [5, 5.41) is 3.07. The standard InChI is InChI=1S/C16H23N3OS/c1-3-12-4-6-13(7-5-12)14(20)18-16(15(17)21)8-10-19(2)11-9-16/h4-7H,3,8-11H2,1-2H3,(H2,17,21)(H,18,20). The molecule has 0 aliphatic carbocycles. The molecular weight excluding hydrogens is 282 g/mol. The van der Waals surface area contributed by atoms with Crippen LogP contribution in [0.15, 0.2) is 24.3 Å². The Balaban J connectivity index is 2.12. The van der Waals surface area contributed by atoms with Crippen LogP contribution in [0.2, 0.25) is 0 Å². The van der Waals surface area contributed by atoms with Gasteiger partial charge in [0.25, 0.3) is 5.91 Å². The third kappa shape index (κ3) is 3.60. The minimum Gasteiger partial charge on any atom is -0.391 e. The predicted octanol–water partition coefficient (Wildman–Crippen LogP) is 1.73. The van der Waals surface area contributed by atoms with Crippen LogP contribution in [0.5, 0.6) is 0 Å². The molecule has 0 spiro atoms. The predicted molar refractivity (Wildman–Crippen MR) is 89.5 cm³/mol. The van der Waals surface area contributed by atoms with E-state index in [1.165, 1.54) is 5.56 Å². The molecule has 1 heterocycles. The summed E-state index contributed by atoms with van der Waals surface area (Å²) in [4.78, 5) is 15.1. The molecule has 3 N–H and O–H groups in total. The van der Waals surface area contributed by atoms with E-state index in [4.69, 9.17) is 18.0 Å². The molecule has 1 saturated heterocycles. The van der Waals surface area contributed by atoms with Crippen LogP contribution in [0, 0.1) is 0 Å². The Morgan fingerprint density at radius 2 is 1.90 bits per heavy atom. The fourth-order valence-electron chi connectivity index (χ4n) is 2.61. The Morgan fingerprint density at radius 1 is 1.33 bits per heavy atom. The molecule has 5 heteroatoms. The second-order valence-electron chi connectivity index (χ2n) is 5.75. The molecule has 2 rings (SSSR count). The van der Waals surface area contributed by atoms with Gasteiger partial charge in [-0.05, 0) is 44.0 Å². The number of rotatable bonds is 4. The van der Waals surface area contributed by atoms with Crippen LogP contribution in [0.1, 0.15) is 35.7 Å². The van der Waals surface area contributed by atoms with E-state index >= 15 is 0 Å². The lowest BCUT2D eigenvalue weighted by molar-refractivity contribution is 0.0890. The summed E-state index contributed by atoms with van der Waals surface area (Å²) in [6.07, 6.45) is 2.49. The largest absolute Gasteiger partial charge is 0.391 e. The average molecular weight is 305 g/mol. The molecule has 0 unspecified atom stereocenters. The van der Waals surface area contributed by atoms with Gasteiger partial charge in [0.1, 0.15) is 0 Å². The van der Waals surface area contributed by atoms with Gasteiger partial charge >= 0.3 is 0 Å². The van der Waals surface area contributed by atoms with Gasteiger partial charge in [-0.3, -0.25) is 4.79 Å². The fraction of sp³-hybridized carbons (Fsp3) is 0.500. The highest BCUT2D eigenvalue weighted by molar-refractivity contribution is 7.80. The number of carbonyl (C=O) groups excluding carboxylic acids is 1. The topological polar surface area (TPSA) is 58.4 Å². The van der Waals surface area contributed by atoms with Crippen LogP contribution in [0.3, 0.4) is 0 Å². The first-order chi connectivity index (χ1) is 9.97. The summed E-state index contributed by atoms with van der Waals surface area (Å²) >= 11 is 5.22. The van der Waals surface area contributed by atoms with E-state index in [-0.39, 0.29) is 5.91 Å². The number of nitrogens with one attached hydrogen (secondary N) is 1. The summed E-state index contributed by atoms with van der Waals surface area (Å²) in [6, 6.07) is 7.68. The van der Waals surface area contributed by atoms with Gasteiger partial charge < -0.3 is 16.0 Å². The molecule has 4 nitrogen and oxygen atoms in total. The molecular formula is C16H23N3OS. The highest BCUT2D eigenvalue weighted by Gasteiger charge is 2.38. The molecule has 0 bridgehead atoms. The first kappa shape index (κ1) is 15.9. The third-order valence-electron chi connectivity index (χ3n) is 4.29. The Kier molecular flexibility index (Phi) is 4.96. The number of nitrogens with zero attached hydrogens (tertiary/aromatic N) is 1. The van der Waals surface area contributed by atoms with Gasteiger partial charge in [0.05, 0.1) is 10.5 Å². The van der Waals surface area contributed by atoms with Gasteiger partial charge in [-0.2, -0.15) is 0 Å². The number of benzene rings is 1. The zero-order valence-corrected chi connectivity index (χ0v) is 13.5. The van der Waals surface area contributed by atoms with Crippen LogP contribution in [-0.2, 0) is 6.42 Å². The van der Waals surface area contributed by atoms with Gasteiger partial charge in [-0.1, -0.05) is 31.3 Å². The van der Waals surface area contributed by atoms with E-state index in [1.54, 1.807) is 0 Å². The second-order valence-corrected chi connectivity index (χ2v) is 6.19. The highest BCUT2D eigenvalue weighted by Crippen LogP contribution is 2.23. The Morgan fingerprint density at radius 3 is 2.38 bits per heavy atom. The van der Waals surface area contributed by atoms with Crippen molar-refractivity contribution in [2.24, 2.45) is 5.73 Å². The van der Waals surface area contributed by atoms with Crippen molar-refractivity contribution in [2.45, 2.75) is 31.7 Å². The smallest absolute Gasteiger partial charge is 0.252 e. The quantitative estimate of drug-likeness (QED) is 0.832. The lowest BCUT2D eigenvalue weighted by Crippen LogP contribution is -2.61. The molecule has 21 heavy (non-hydrogen) atoms. The maximum Gasteiger partial charge on any atom is 0.252 e. The molecule has 1 amide bonds. The first-order valence-corrected chi connectivity index (χ1v) is 7.77. The molecule has 0 saturated carbocycles. The van der Waals surface area contributed by atoms with E-state index in [0.717, 1.165) is 32.4 Å². The summed E-state index contributed by atoms with van der Waals surface area (Å²) in [5.41, 5.74) is 7.24. The van der Waals surface area contributed by atoms with Crippen molar-refractivity contribution < 1.29 is 4.79 Å².